The molecular formula is C10H11FO2. The Balaban J connectivity index is 2.16. The van der Waals surface area contributed by atoms with E-state index >= 15 is 0 Å². The quantitative estimate of drug-likeness (QED) is 0.663. The van der Waals surface area contributed by atoms with Gasteiger partial charge in [-0.1, -0.05) is 12.1 Å². The molecule has 0 aromatic heterocycles. The first-order valence-electron chi connectivity index (χ1n) is 4.28. The molecule has 3 heteroatoms. The first-order valence-corrected chi connectivity index (χ1v) is 4.28. The summed E-state index contributed by atoms with van der Waals surface area (Å²) >= 11 is 0. The van der Waals surface area contributed by atoms with Crippen molar-refractivity contribution in [3.05, 3.63) is 35.6 Å². The zero-order chi connectivity index (χ0) is 9.26. The summed E-state index contributed by atoms with van der Waals surface area (Å²) in [4.78, 5) is 0. The van der Waals surface area contributed by atoms with Gasteiger partial charge in [0.1, 0.15) is 5.82 Å². The van der Waals surface area contributed by atoms with E-state index in [9.17, 15) is 4.39 Å². The van der Waals surface area contributed by atoms with E-state index in [1.54, 1.807) is 12.1 Å². The van der Waals surface area contributed by atoms with Crippen LogP contribution in [0, 0.1) is 5.82 Å². The minimum atomic E-state index is -0.398. The van der Waals surface area contributed by atoms with Gasteiger partial charge in [-0.2, -0.15) is 0 Å². The molecule has 1 aliphatic rings. The van der Waals surface area contributed by atoms with Crippen molar-refractivity contribution >= 4 is 0 Å². The number of halogens is 1. The predicted octanol–water partition coefficient (Wildman–Crippen LogP) is 2.26. The highest BCUT2D eigenvalue weighted by molar-refractivity contribution is 5.17. The molecule has 0 aliphatic carbocycles. The lowest BCUT2D eigenvalue weighted by molar-refractivity contribution is -0.0573. The van der Waals surface area contributed by atoms with Crippen molar-refractivity contribution in [3.8, 4) is 0 Å². The normalized spacial score (nSPS) is 27.8. The van der Waals surface area contributed by atoms with Crippen molar-refractivity contribution in [1.29, 1.82) is 0 Å². The average Bonchev–Trinajstić information content (AvgIpc) is 2.52. The fourth-order valence-corrected chi connectivity index (χ4v) is 1.34. The highest BCUT2D eigenvalue weighted by atomic mass is 19.1. The van der Waals surface area contributed by atoms with Crippen LogP contribution in [0.15, 0.2) is 24.3 Å². The molecule has 0 amide bonds. The van der Waals surface area contributed by atoms with Crippen LogP contribution in [0.2, 0.25) is 0 Å². The molecule has 0 bridgehead atoms. The fourth-order valence-electron chi connectivity index (χ4n) is 1.34. The maximum atomic E-state index is 12.8. The molecule has 2 atom stereocenters. The topological polar surface area (TPSA) is 18.5 Å². The minimum absolute atomic E-state index is 0.0910. The molecule has 1 aliphatic heterocycles. The molecule has 2 rings (SSSR count). The van der Waals surface area contributed by atoms with Crippen LogP contribution in [0.4, 0.5) is 4.39 Å². The smallest absolute Gasteiger partial charge is 0.184 e. The summed E-state index contributed by atoms with van der Waals surface area (Å²) in [6, 6.07) is 6.29. The van der Waals surface area contributed by atoms with Crippen LogP contribution in [-0.4, -0.2) is 12.7 Å². The van der Waals surface area contributed by atoms with Crippen LogP contribution in [0.25, 0.3) is 0 Å². The average molecular weight is 182 g/mol. The van der Waals surface area contributed by atoms with Gasteiger partial charge in [-0.05, 0) is 19.1 Å². The first-order chi connectivity index (χ1) is 6.25. The second-order valence-corrected chi connectivity index (χ2v) is 3.17. The van der Waals surface area contributed by atoms with Gasteiger partial charge in [-0.15, -0.1) is 0 Å². The molecule has 1 aromatic rings. The first kappa shape index (κ1) is 8.66. The van der Waals surface area contributed by atoms with Gasteiger partial charge < -0.3 is 9.47 Å². The molecular weight excluding hydrogens is 171 g/mol. The van der Waals surface area contributed by atoms with E-state index in [2.05, 4.69) is 0 Å². The summed E-state index contributed by atoms with van der Waals surface area (Å²) in [6.45, 7) is 2.50. The molecule has 2 nitrogen and oxygen atoms in total. The van der Waals surface area contributed by atoms with Crippen molar-refractivity contribution in [3.63, 3.8) is 0 Å². The summed E-state index contributed by atoms with van der Waals surface area (Å²) in [5.74, 6) is -0.260. The van der Waals surface area contributed by atoms with Crippen LogP contribution in [0.3, 0.4) is 0 Å². The summed E-state index contributed by atoms with van der Waals surface area (Å²) in [7, 11) is 0. The van der Waals surface area contributed by atoms with Gasteiger partial charge in [-0.3, -0.25) is 0 Å². The lowest BCUT2D eigenvalue weighted by Crippen LogP contribution is -2.02. The van der Waals surface area contributed by atoms with Crippen molar-refractivity contribution < 1.29 is 13.9 Å². The number of ether oxygens (including phenoxy) is 2. The SMILES string of the molecule is CC1COC(c2cccc(F)c2)O1. The van der Waals surface area contributed by atoms with Crippen molar-refractivity contribution in [2.45, 2.75) is 19.3 Å². The maximum Gasteiger partial charge on any atom is 0.184 e. The molecule has 0 radical (unpaired) electrons. The summed E-state index contributed by atoms with van der Waals surface area (Å²) in [6.07, 6.45) is -0.307. The third-order valence-corrected chi connectivity index (χ3v) is 1.96. The van der Waals surface area contributed by atoms with E-state index in [0.717, 1.165) is 5.56 Å². The molecule has 70 valence electrons. The Bertz CT molecular complexity index is 301. The van der Waals surface area contributed by atoms with E-state index in [1.807, 2.05) is 6.92 Å². The van der Waals surface area contributed by atoms with Gasteiger partial charge >= 0.3 is 0 Å². The van der Waals surface area contributed by atoms with Gasteiger partial charge in [0.25, 0.3) is 0 Å². The van der Waals surface area contributed by atoms with Crippen LogP contribution in [-0.2, 0) is 9.47 Å². The number of rotatable bonds is 1. The van der Waals surface area contributed by atoms with Gasteiger partial charge in [0, 0.05) is 5.56 Å². The van der Waals surface area contributed by atoms with E-state index in [4.69, 9.17) is 9.47 Å². The largest absolute Gasteiger partial charge is 0.346 e. The van der Waals surface area contributed by atoms with Crippen molar-refractivity contribution in [2.24, 2.45) is 0 Å². The molecule has 1 aromatic carbocycles. The standard InChI is InChI=1S/C10H11FO2/c1-7-6-12-10(13-7)8-3-2-4-9(11)5-8/h2-5,7,10H,6H2,1H3. The Morgan fingerprint density at radius 3 is 2.92 bits per heavy atom. The Kier molecular flexibility index (Phi) is 2.29. The predicted molar refractivity (Wildman–Crippen MR) is 45.6 cm³/mol. The third-order valence-electron chi connectivity index (χ3n) is 1.96. The lowest BCUT2D eigenvalue weighted by atomic mass is 10.2. The summed E-state index contributed by atoms with van der Waals surface area (Å²) in [5.41, 5.74) is 0.740. The Morgan fingerprint density at radius 1 is 1.46 bits per heavy atom. The Morgan fingerprint density at radius 2 is 2.31 bits per heavy atom. The molecule has 0 spiro atoms. The van der Waals surface area contributed by atoms with Crippen LogP contribution in [0.5, 0.6) is 0 Å². The van der Waals surface area contributed by atoms with Crippen LogP contribution in [0.1, 0.15) is 18.8 Å². The zero-order valence-corrected chi connectivity index (χ0v) is 7.37. The van der Waals surface area contributed by atoms with Gasteiger partial charge in [-0.25, -0.2) is 4.39 Å². The molecule has 0 saturated carbocycles. The number of benzene rings is 1. The molecule has 2 unspecified atom stereocenters. The van der Waals surface area contributed by atoms with E-state index in [-0.39, 0.29) is 11.9 Å². The van der Waals surface area contributed by atoms with Gasteiger partial charge in [0.15, 0.2) is 6.29 Å². The Hall–Kier alpha value is -0.930. The Labute approximate surface area is 76.3 Å². The minimum Gasteiger partial charge on any atom is -0.346 e. The van der Waals surface area contributed by atoms with E-state index < -0.39 is 6.29 Å². The van der Waals surface area contributed by atoms with Crippen molar-refractivity contribution in [2.75, 3.05) is 6.61 Å². The molecule has 13 heavy (non-hydrogen) atoms. The second-order valence-electron chi connectivity index (χ2n) is 3.17. The second kappa shape index (κ2) is 3.44. The zero-order valence-electron chi connectivity index (χ0n) is 7.37. The maximum absolute atomic E-state index is 12.8. The van der Waals surface area contributed by atoms with E-state index in [1.165, 1.54) is 12.1 Å². The highest BCUT2D eigenvalue weighted by Gasteiger charge is 2.23. The highest BCUT2D eigenvalue weighted by Crippen LogP contribution is 2.26. The summed E-state index contributed by atoms with van der Waals surface area (Å²) in [5, 5.41) is 0. The molecule has 1 fully saturated rings. The van der Waals surface area contributed by atoms with Crippen LogP contribution < -0.4 is 0 Å². The number of hydrogen-bond donors (Lipinski definition) is 0. The monoisotopic (exact) mass is 182 g/mol. The van der Waals surface area contributed by atoms with Crippen LogP contribution >= 0.6 is 0 Å². The molecule has 1 heterocycles. The number of hydrogen-bond acceptors (Lipinski definition) is 2. The summed E-state index contributed by atoms with van der Waals surface area (Å²) < 4.78 is 23.5. The lowest BCUT2D eigenvalue weighted by Gasteiger charge is -2.09. The third kappa shape index (κ3) is 1.87. The fraction of sp³-hybridized carbons (Fsp3) is 0.400. The molecule has 0 N–H and O–H groups in total. The van der Waals surface area contributed by atoms with Crippen molar-refractivity contribution in [1.82, 2.24) is 0 Å². The molecule has 1 saturated heterocycles. The van der Waals surface area contributed by atoms with Gasteiger partial charge in [0.2, 0.25) is 0 Å². The van der Waals surface area contributed by atoms with Gasteiger partial charge in [0.05, 0.1) is 12.7 Å². The van der Waals surface area contributed by atoms with E-state index in [0.29, 0.717) is 6.61 Å².